The molecule has 0 aliphatic carbocycles. The Balaban J connectivity index is 2.11. The van der Waals surface area contributed by atoms with E-state index in [2.05, 4.69) is 30.3 Å². The van der Waals surface area contributed by atoms with Crippen molar-refractivity contribution in [3.05, 3.63) is 82.6 Å². The zero-order valence-corrected chi connectivity index (χ0v) is 12.2. The van der Waals surface area contributed by atoms with Crippen LogP contribution in [0.1, 0.15) is 16.5 Å². The third kappa shape index (κ3) is 2.04. The van der Waals surface area contributed by atoms with Crippen LogP contribution in [0.2, 0.25) is 0 Å². The first-order valence-corrected chi connectivity index (χ1v) is 7.84. The molecule has 4 aromatic rings. The van der Waals surface area contributed by atoms with Crippen LogP contribution >= 0.6 is 11.3 Å². The standard InChI is InChI=1S/C19H14OS/c20-19(17-10-5-11-21-17)18-15-8-3-1-6-13(15)12-14-7-2-4-9-16(14)18/h1-12,19-20H/t19-/m1/s1. The van der Waals surface area contributed by atoms with E-state index >= 15 is 0 Å². The average Bonchev–Trinajstić information content (AvgIpc) is 3.06. The zero-order chi connectivity index (χ0) is 14.2. The molecular weight excluding hydrogens is 276 g/mol. The molecule has 0 saturated carbocycles. The molecule has 1 heterocycles. The van der Waals surface area contributed by atoms with E-state index in [4.69, 9.17) is 0 Å². The van der Waals surface area contributed by atoms with Gasteiger partial charge in [-0.25, -0.2) is 0 Å². The number of hydrogen-bond acceptors (Lipinski definition) is 2. The lowest BCUT2D eigenvalue weighted by molar-refractivity contribution is 0.227. The second-order valence-corrected chi connectivity index (χ2v) is 6.13. The molecule has 1 nitrogen and oxygen atoms in total. The SMILES string of the molecule is O[C@H](c1cccs1)c1c2ccccc2cc2ccccc12. The normalized spacial score (nSPS) is 12.8. The van der Waals surface area contributed by atoms with Crippen molar-refractivity contribution in [2.45, 2.75) is 6.10 Å². The molecule has 102 valence electrons. The third-order valence-electron chi connectivity index (χ3n) is 3.90. The average molecular weight is 290 g/mol. The van der Waals surface area contributed by atoms with Crippen LogP contribution in [0.3, 0.4) is 0 Å². The van der Waals surface area contributed by atoms with E-state index in [9.17, 15) is 5.11 Å². The van der Waals surface area contributed by atoms with Gasteiger partial charge in [0, 0.05) is 10.4 Å². The van der Waals surface area contributed by atoms with Crippen LogP contribution in [0.5, 0.6) is 0 Å². The van der Waals surface area contributed by atoms with E-state index in [1.54, 1.807) is 11.3 Å². The molecule has 4 rings (SSSR count). The second kappa shape index (κ2) is 4.99. The number of benzene rings is 3. The molecule has 0 aliphatic rings. The van der Waals surface area contributed by atoms with Gasteiger partial charge in [-0.15, -0.1) is 11.3 Å². The van der Waals surface area contributed by atoms with Crippen molar-refractivity contribution in [2.24, 2.45) is 0 Å². The van der Waals surface area contributed by atoms with E-state index in [1.807, 2.05) is 41.8 Å². The molecule has 0 unspecified atom stereocenters. The van der Waals surface area contributed by atoms with Crippen LogP contribution in [0.25, 0.3) is 21.5 Å². The van der Waals surface area contributed by atoms with Gasteiger partial charge >= 0.3 is 0 Å². The lowest BCUT2D eigenvalue weighted by Gasteiger charge is -2.16. The van der Waals surface area contributed by atoms with E-state index in [-0.39, 0.29) is 0 Å². The second-order valence-electron chi connectivity index (χ2n) is 5.15. The van der Waals surface area contributed by atoms with Crippen molar-refractivity contribution in [1.29, 1.82) is 0 Å². The summed E-state index contributed by atoms with van der Waals surface area (Å²) >= 11 is 1.59. The van der Waals surface area contributed by atoms with Gasteiger partial charge in [0.05, 0.1) is 0 Å². The predicted molar refractivity (Wildman–Crippen MR) is 89.8 cm³/mol. The van der Waals surface area contributed by atoms with E-state index in [0.29, 0.717) is 0 Å². The number of hydrogen-bond donors (Lipinski definition) is 1. The Morgan fingerprint density at radius 2 is 1.38 bits per heavy atom. The fourth-order valence-corrected chi connectivity index (χ4v) is 3.65. The summed E-state index contributed by atoms with van der Waals surface area (Å²) in [6, 6.07) is 22.7. The van der Waals surface area contributed by atoms with Crippen LogP contribution in [-0.2, 0) is 0 Å². The van der Waals surface area contributed by atoms with Gasteiger partial charge in [-0.2, -0.15) is 0 Å². The van der Waals surface area contributed by atoms with Crippen molar-refractivity contribution in [3.8, 4) is 0 Å². The molecule has 2 heteroatoms. The molecule has 0 fully saturated rings. The maximum Gasteiger partial charge on any atom is 0.114 e. The van der Waals surface area contributed by atoms with Gasteiger partial charge in [0.25, 0.3) is 0 Å². The number of thiophene rings is 1. The van der Waals surface area contributed by atoms with Crippen LogP contribution in [-0.4, -0.2) is 5.11 Å². The highest BCUT2D eigenvalue weighted by molar-refractivity contribution is 7.10. The highest BCUT2D eigenvalue weighted by Gasteiger charge is 2.17. The van der Waals surface area contributed by atoms with Crippen molar-refractivity contribution >= 4 is 32.9 Å². The fourth-order valence-electron chi connectivity index (χ4n) is 2.93. The molecular formula is C19H14OS. The fraction of sp³-hybridized carbons (Fsp3) is 0.0526. The van der Waals surface area contributed by atoms with Gasteiger partial charge in [0.15, 0.2) is 0 Å². The summed E-state index contributed by atoms with van der Waals surface area (Å²) in [6.07, 6.45) is -0.582. The maximum absolute atomic E-state index is 10.9. The van der Waals surface area contributed by atoms with E-state index in [0.717, 1.165) is 21.2 Å². The largest absolute Gasteiger partial charge is 0.383 e. The van der Waals surface area contributed by atoms with E-state index in [1.165, 1.54) is 10.8 Å². The first-order chi connectivity index (χ1) is 10.3. The topological polar surface area (TPSA) is 20.2 Å². The lowest BCUT2D eigenvalue weighted by Crippen LogP contribution is -1.99. The molecule has 1 N–H and O–H groups in total. The molecule has 0 saturated heterocycles. The van der Waals surface area contributed by atoms with E-state index < -0.39 is 6.10 Å². The molecule has 21 heavy (non-hydrogen) atoms. The summed E-state index contributed by atoms with van der Waals surface area (Å²) in [5, 5.41) is 17.5. The molecule has 3 aromatic carbocycles. The smallest absolute Gasteiger partial charge is 0.114 e. The third-order valence-corrected chi connectivity index (χ3v) is 4.82. The Morgan fingerprint density at radius 1 is 0.762 bits per heavy atom. The molecule has 1 atom stereocenters. The zero-order valence-electron chi connectivity index (χ0n) is 11.4. The number of fused-ring (bicyclic) bond motifs is 2. The maximum atomic E-state index is 10.9. The molecule has 0 spiro atoms. The van der Waals surface area contributed by atoms with Gasteiger partial charge < -0.3 is 5.11 Å². The van der Waals surface area contributed by atoms with Gasteiger partial charge in [0.1, 0.15) is 6.10 Å². The summed E-state index contributed by atoms with van der Waals surface area (Å²) in [6.45, 7) is 0. The van der Waals surface area contributed by atoms with Crippen molar-refractivity contribution in [1.82, 2.24) is 0 Å². The van der Waals surface area contributed by atoms with Crippen LogP contribution in [0.4, 0.5) is 0 Å². The molecule has 1 aromatic heterocycles. The first-order valence-electron chi connectivity index (χ1n) is 6.96. The Labute approximate surface area is 127 Å². The quantitative estimate of drug-likeness (QED) is 0.507. The Hall–Kier alpha value is -2.16. The van der Waals surface area contributed by atoms with Crippen molar-refractivity contribution in [3.63, 3.8) is 0 Å². The van der Waals surface area contributed by atoms with Gasteiger partial charge in [0.2, 0.25) is 0 Å². The first kappa shape index (κ1) is 12.6. The number of aliphatic hydroxyl groups is 1. The summed E-state index contributed by atoms with van der Waals surface area (Å²) < 4.78 is 0. The molecule has 0 aliphatic heterocycles. The summed E-state index contributed by atoms with van der Waals surface area (Å²) in [5.74, 6) is 0. The molecule has 0 amide bonds. The van der Waals surface area contributed by atoms with Crippen molar-refractivity contribution in [2.75, 3.05) is 0 Å². The monoisotopic (exact) mass is 290 g/mol. The van der Waals surface area contributed by atoms with Crippen LogP contribution < -0.4 is 0 Å². The van der Waals surface area contributed by atoms with Crippen LogP contribution in [0.15, 0.2) is 72.1 Å². The molecule has 0 radical (unpaired) electrons. The van der Waals surface area contributed by atoms with Crippen LogP contribution in [0, 0.1) is 0 Å². The summed E-state index contributed by atoms with van der Waals surface area (Å²) in [7, 11) is 0. The highest BCUT2D eigenvalue weighted by Crippen LogP contribution is 2.36. The Bertz CT molecular complexity index is 855. The minimum absolute atomic E-state index is 0.582. The van der Waals surface area contributed by atoms with Gasteiger partial charge in [-0.05, 0) is 39.1 Å². The highest BCUT2D eigenvalue weighted by atomic mass is 32.1. The van der Waals surface area contributed by atoms with Gasteiger partial charge in [-0.1, -0.05) is 54.6 Å². The van der Waals surface area contributed by atoms with Gasteiger partial charge in [-0.3, -0.25) is 0 Å². The summed E-state index contributed by atoms with van der Waals surface area (Å²) in [5.41, 5.74) is 1.01. The minimum atomic E-state index is -0.582. The lowest BCUT2D eigenvalue weighted by atomic mass is 9.93. The van der Waals surface area contributed by atoms with Crippen molar-refractivity contribution < 1.29 is 5.11 Å². The minimum Gasteiger partial charge on any atom is -0.383 e. The number of aliphatic hydroxyl groups excluding tert-OH is 1. The Morgan fingerprint density at radius 3 is 1.95 bits per heavy atom. The predicted octanol–water partition coefficient (Wildman–Crippen LogP) is 5.14. The summed E-state index contributed by atoms with van der Waals surface area (Å²) in [4.78, 5) is 0.983. The number of rotatable bonds is 2. The molecule has 0 bridgehead atoms. The Kier molecular flexibility index (Phi) is 2.99.